The molecule has 0 bridgehead atoms. The summed E-state index contributed by atoms with van der Waals surface area (Å²) in [5.74, 6) is 0.580. The van der Waals surface area contributed by atoms with Gasteiger partial charge in [-0.25, -0.2) is 4.98 Å². The van der Waals surface area contributed by atoms with Crippen LogP contribution in [0.2, 0.25) is 0 Å². The van der Waals surface area contributed by atoms with E-state index in [-0.39, 0.29) is 5.56 Å². The highest BCUT2D eigenvalue weighted by molar-refractivity contribution is 6.63. The Bertz CT molecular complexity index is 769. The van der Waals surface area contributed by atoms with Gasteiger partial charge < -0.3 is 14.0 Å². The molecule has 0 atom stereocenters. The normalized spacial score (nSPS) is 19.6. The molecule has 1 aliphatic rings. The van der Waals surface area contributed by atoms with Crippen LogP contribution in [0.15, 0.2) is 29.3 Å². The van der Waals surface area contributed by atoms with E-state index in [1.165, 1.54) is 16.7 Å². The SMILES string of the molecule is COc1cc2nccc(=O)n2cc1B1OC(C)(C)C(C)(C)O1. The lowest BCUT2D eigenvalue weighted by atomic mass is 9.79. The average molecular weight is 302 g/mol. The van der Waals surface area contributed by atoms with Crippen LogP contribution < -0.4 is 15.8 Å². The number of fused-ring (bicyclic) bond motifs is 1. The minimum Gasteiger partial charge on any atom is -0.497 e. The second-order valence-corrected chi connectivity index (χ2v) is 6.40. The lowest BCUT2D eigenvalue weighted by Gasteiger charge is -2.32. The fraction of sp³-hybridized carbons (Fsp3) is 0.467. The first-order valence-corrected chi connectivity index (χ1v) is 7.16. The predicted octanol–water partition coefficient (Wildman–Crippen LogP) is 1.00. The summed E-state index contributed by atoms with van der Waals surface area (Å²) >= 11 is 0. The van der Waals surface area contributed by atoms with Crippen molar-refractivity contribution in [2.75, 3.05) is 7.11 Å². The van der Waals surface area contributed by atoms with Gasteiger partial charge in [0.25, 0.3) is 5.56 Å². The topological polar surface area (TPSA) is 62.1 Å². The maximum Gasteiger partial charge on any atom is 0.500 e. The predicted molar refractivity (Wildman–Crippen MR) is 83.7 cm³/mol. The van der Waals surface area contributed by atoms with Gasteiger partial charge in [-0.15, -0.1) is 0 Å². The molecule has 2 aromatic heterocycles. The summed E-state index contributed by atoms with van der Waals surface area (Å²) in [7, 11) is 0.971. The van der Waals surface area contributed by atoms with Crippen LogP contribution in [0.4, 0.5) is 0 Å². The van der Waals surface area contributed by atoms with Crippen LogP contribution in [0.3, 0.4) is 0 Å². The van der Waals surface area contributed by atoms with Crippen LogP contribution in [0.25, 0.3) is 5.65 Å². The van der Waals surface area contributed by atoms with E-state index >= 15 is 0 Å². The molecule has 0 amide bonds. The Labute approximate surface area is 129 Å². The monoisotopic (exact) mass is 302 g/mol. The number of methoxy groups -OCH3 is 1. The summed E-state index contributed by atoms with van der Waals surface area (Å²) in [6.07, 6.45) is 3.15. The summed E-state index contributed by atoms with van der Waals surface area (Å²) in [5, 5.41) is 0. The molecule has 0 aromatic carbocycles. The van der Waals surface area contributed by atoms with Gasteiger partial charge >= 0.3 is 7.12 Å². The van der Waals surface area contributed by atoms with Gasteiger partial charge in [0, 0.05) is 30.0 Å². The van der Waals surface area contributed by atoms with Crippen LogP contribution in [0.5, 0.6) is 5.75 Å². The molecule has 6 nitrogen and oxygen atoms in total. The fourth-order valence-electron chi connectivity index (χ4n) is 2.40. The van der Waals surface area contributed by atoms with Gasteiger partial charge in [0.05, 0.1) is 18.3 Å². The van der Waals surface area contributed by atoms with Gasteiger partial charge in [0.15, 0.2) is 0 Å². The number of ether oxygens (including phenoxy) is 1. The number of hydrogen-bond acceptors (Lipinski definition) is 5. The Kier molecular flexibility index (Phi) is 3.30. The van der Waals surface area contributed by atoms with Gasteiger partial charge in [0.2, 0.25) is 0 Å². The zero-order valence-electron chi connectivity index (χ0n) is 13.4. The van der Waals surface area contributed by atoms with Crippen molar-refractivity contribution in [3.05, 3.63) is 34.9 Å². The van der Waals surface area contributed by atoms with Gasteiger partial charge in [-0.3, -0.25) is 9.20 Å². The summed E-state index contributed by atoms with van der Waals surface area (Å²) in [4.78, 5) is 16.2. The van der Waals surface area contributed by atoms with E-state index < -0.39 is 18.3 Å². The van der Waals surface area contributed by atoms with Gasteiger partial charge in [-0.1, -0.05) is 0 Å². The zero-order valence-corrected chi connectivity index (χ0v) is 13.4. The second kappa shape index (κ2) is 4.82. The Morgan fingerprint density at radius 2 is 1.86 bits per heavy atom. The number of pyridine rings is 1. The Balaban J connectivity index is 2.15. The van der Waals surface area contributed by atoms with Gasteiger partial charge in [-0.05, 0) is 27.7 Å². The second-order valence-electron chi connectivity index (χ2n) is 6.40. The lowest BCUT2D eigenvalue weighted by molar-refractivity contribution is 0.00578. The van der Waals surface area contributed by atoms with E-state index in [9.17, 15) is 4.79 Å². The maximum atomic E-state index is 12.0. The third kappa shape index (κ3) is 2.21. The van der Waals surface area contributed by atoms with E-state index in [2.05, 4.69) is 4.98 Å². The van der Waals surface area contributed by atoms with Crippen LogP contribution in [0, 0.1) is 0 Å². The molecule has 1 fully saturated rings. The smallest absolute Gasteiger partial charge is 0.497 e. The van der Waals surface area contributed by atoms with E-state index in [1.807, 2.05) is 27.7 Å². The van der Waals surface area contributed by atoms with Crippen molar-refractivity contribution in [1.29, 1.82) is 0 Å². The van der Waals surface area contributed by atoms with Crippen LogP contribution >= 0.6 is 0 Å². The molecule has 1 aliphatic heterocycles. The van der Waals surface area contributed by atoms with Crippen LogP contribution in [-0.2, 0) is 9.31 Å². The number of hydrogen-bond donors (Lipinski definition) is 0. The summed E-state index contributed by atoms with van der Waals surface area (Å²) in [5.41, 5.74) is 0.105. The quantitative estimate of drug-likeness (QED) is 0.775. The minimum absolute atomic E-state index is 0.162. The fourth-order valence-corrected chi connectivity index (χ4v) is 2.40. The van der Waals surface area contributed by atoms with Gasteiger partial charge in [-0.2, -0.15) is 0 Å². The van der Waals surface area contributed by atoms with Crippen molar-refractivity contribution in [2.24, 2.45) is 0 Å². The maximum absolute atomic E-state index is 12.0. The largest absolute Gasteiger partial charge is 0.500 e. The number of rotatable bonds is 2. The molecule has 7 heteroatoms. The lowest BCUT2D eigenvalue weighted by Crippen LogP contribution is -2.41. The molecule has 0 unspecified atom stereocenters. The Morgan fingerprint density at radius 3 is 2.45 bits per heavy atom. The van der Waals surface area contributed by atoms with Crippen LogP contribution in [0.1, 0.15) is 27.7 Å². The molecule has 0 radical (unpaired) electrons. The highest BCUT2D eigenvalue weighted by atomic mass is 16.7. The van der Waals surface area contributed by atoms with Crippen molar-refractivity contribution in [1.82, 2.24) is 9.38 Å². The highest BCUT2D eigenvalue weighted by Gasteiger charge is 2.52. The van der Waals surface area contributed by atoms with Crippen molar-refractivity contribution < 1.29 is 14.0 Å². The van der Waals surface area contributed by atoms with E-state index in [1.54, 1.807) is 19.4 Å². The third-order valence-corrected chi connectivity index (χ3v) is 4.45. The molecule has 0 saturated carbocycles. The molecule has 22 heavy (non-hydrogen) atoms. The highest BCUT2D eigenvalue weighted by Crippen LogP contribution is 2.37. The molecule has 0 aliphatic carbocycles. The minimum atomic E-state index is -0.601. The molecule has 3 heterocycles. The van der Waals surface area contributed by atoms with E-state index in [4.69, 9.17) is 14.0 Å². The van der Waals surface area contributed by atoms with E-state index in [0.717, 1.165) is 0 Å². The van der Waals surface area contributed by atoms with Crippen molar-refractivity contribution >= 4 is 18.2 Å². The van der Waals surface area contributed by atoms with Crippen molar-refractivity contribution in [3.63, 3.8) is 0 Å². The van der Waals surface area contributed by atoms with E-state index in [0.29, 0.717) is 16.9 Å². The molecule has 0 spiro atoms. The molecule has 2 aromatic rings. The zero-order chi connectivity index (χ0) is 16.1. The van der Waals surface area contributed by atoms with Crippen LogP contribution in [-0.4, -0.2) is 34.8 Å². The Morgan fingerprint density at radius 1 is 1.23 bits per heavy atom. The number of aromatic nitrogens is 2. The first-order valence-electron chi connectivity index (χ1n) is 7.16. The van der Waals surface area contributed by atoms with Gasteiger partial charge in [0.1, 0.15) is 11.4 Å². The summed E-state index contributed by atoms with van der Waals surface area (Å²) in [6.45, 7) is 7.92. The Hall–Kier alpha value is -1.86. The first-order chi connectivity index (χ1) is 10.2. The molecular weight excluding hydrogens is 283 g/mol. The summed E-state index contributed by atoms with van der Waals surface area (Å²) < 4.78 is 19.0. The van der Waals surface area contributed by atoms with Crippen molar-refractivity contribution in [2.45, 2.75) is 38.9 Å². The number of nitrogens with zero attached hydrogens (tertiary/aromatic N) is 2. The third-order valence-electron chi connectivity index (χ3n) is 4.45. The molecule has 1 saturated heterocycles. The molecular formula is C15H19BN2O4. The molecule has 3 rings (SSSR count). The van der Waals surface area contributed by atoms with Crippen molar-refractivity contribution in [3.8, 4) is 5.75 Å². The molecule has 116 valence electrons. The average Bonchev–Trinajstić information content (AvgIpc) is 2.66. The first kappa shape index (κ1) is 15.1. The summed E-state index contributed by atoms with van der Waals surface area (Å²) in [6, 6.07) is 3.12. The molecule has 0 N–H and O–H groups in total. The standard InChI is InChI=1S/C15H19BN2O4/c1-14(2)15(3,4)22-16(21-14)10-9-18-12(8-11(10)20-5)17-7-6-13(18)19/h6-9H,1-5H3.